The average Bonchev–Trinajstić information content (AvgIpc) is 3.09. The molecule has 142 valence electrons. The van der Waals surface area contributed by atoms with E-state index in [2.05, 4.69) is 10.5 Å². The number of aryl methyl sites for hydroxylation is 2. The van der Waals surface area contributed by atoms with Crippen molar-refractivity contribution in [3.63, 3.8) is 0 Å². The number of aromatic nitrogens is 4. The number of rotatable bonds is 7. The molecule has 2 aromatic heterocycles. The molecule has 0 aliphatic heterocycles. The standard InChI is InChI=1S/C18H21N5O4/c1-21-16-15(17(25)22(2)18(21)26)23(12-19-16)10-6-9-14(24)20-27-11-13-7-4-3-5-8-13/h3-5,7-8,12H,6,9-11H2,1-2H3,(H,20,24). The Morgan fingerprint density at radius 3 is 2.63 bits per heavy atom. The number of nitrogens with one attached hydrogen (secondary N) is 1. The third-order valence-corrected chi connectivity index (χ3v) is 4.29. The molecule has 9 heteroatoms. The van der Waals surface area contributed by atoms with Crippen LogP contribution in [-0.2, 0) is 36.9 Å². The highest BCUT2D eigenvalue weighted by atomic mass is 16.6. The first-order chi connectivity index (χ1) is 13.0. The number of carbonyl (C=O) groups is 1. The number of hydrogen-bond donors (Lipinski definition) is 1. The molecule has 9 nitrogen and oxygen atoms in total. The van der Waals surface area contributed by atoms with Gasteiger partial charge in [-0.1, -0.05) is 30.3 Å². The number of hydrogen-bond acceptors (Lipinski definition) is 5. The first-order valence-electron chi connectivity index (χ1n) is 8.54. The van der Waals surface area contributed by atoms with Crippen molar-refractivity contribution < 1.29 is 9.63 Å². The number of imidazole rings is 1. The van der Waals surface area contributed by atoms with E-state index in [0.717, 1.165) is 10.1 Å². The molecule has 0 aliphatic rings. The van der Waals surface area contributed by atoms with Crippen LogP contribution in [0, 0.1) is 0 Å². The zero-order valence-corrected chi connectivity index (χ0v) is 15.2. The zero-order valence-electron chi connectivity index (χ0n) is 15.2. The predicted molar refractivity (Wildman–Crippen MR) is 98.8 cm³/mol. The first kappa shape index (κ1) is 18.6. The van der Waals surface area contributed by atoms with Gasteiger partial charge in [-0.2, -0.15) is 0 Å². The van der Waals surface area contributed by atoms with Crippen molar-refractivity contribution in [2.75, 3.05) is 0 Å². The normalized spacial score (nSPS) is 11.0. The van der Waals surface area contributed by atoms with Gasteiger partial charge < -0.3 is 4.57 Å². The molecule has 0 aliphatic carbocycles. The van der Waals surface area contributed by atoms with Crippen LogP contribution in [0.1, 0.15) is 18.4 Å². The van der Waals surface area contributed by atoms with Gasteiger partial charge in [-0.15, -0.1) is 0 Å². The quantitative estimate of drug-likeness (QED) is 0.608. The Labute approximate surface area is 154 Å². The van der Waals surface area contributed by atoms with Gasteiger partial charge in [0.1, 0.15) is 0 Å². The number of carbonyl (C=O) groups excluding carboxylic acids is 1. The number of hydroxylamine groups is 1. The largest absolute Gasteiger partial charge is 0.332 e. The lowest BCUT2D eigenvalue weighted by molar-refractivity contribution is -0.134. The summed E-state index contributed by atoms with van der Waals surface area (Å²) in [7, 11) is 3.00. The van der Waals surface area contributed by atoms with E-state index in [1.807, 2.05) is 30.3 Å². The molecule has 0 radical (unpaired) electrons. The topological polar surface area (TPSA) is 100 Å². The second-order valence-electron chi connectivity index (χ2n) is 6.22. The summed E-state index contributed by atoms with van der Waals surface area (Å²) in [6, 6.07) is 9.52. The molecule has 3 rings (SSSR count). The van der Waals surface area contributed by atoms with Gasteiger partial charge in [-0.05, 0) is 12.0 Å². The molecule has 2 heterocycles. The fourth-order valence-electron chi connectivity index (χ4n) is 2.80. The van der Waals surface area contributed by atoms with Crippen molar-refractivity contribution in [1.82, 2.24) is 24.2 Å². The highest BCUT2D eigenvalue weighted by Crippen LogP contribution is 2.07. The predicted octanol–water partition coefficient (Wildman–Crippen LogP) is 0.462. The summed E-state index contributed by atoms with van der Waals surface area (Å²) in [5.41, 5.74) is 3.23. The van der Waals surface area contributed by atoms with Gasteiger partial charge >= 0.3 is 5.69 Å². The van der Waals surface area contributed by atoms with Gasteiger partial charge in [-0.25, -0.2) is 15.3 Å². The minimum absolute atomic E-state index is 0.237. The molecule has 1 N–H and O–H groups in total. The Morgan fingerprint density at radius 1 is 1.15 bits per heavy atom. The van der Waals surface area contributed by atoms with Gasteiger partial charge in [0.2, 0.25) is 5.91 Å². The van der Waals surface area contributed by atoms with E-state index in [9.17, 15) is 14.4 Å². The summed E-state index contributed by atoms with van der Waals surface area (Å²) >= 11 is 0. The molecule has 0 unspecified atom stereocenters. The molecule has 0 spiro atoms. The lowest BCUT2D eigenvalue weighted by Gasteiger charge is -2.08. The zero-order chi connectivity index (χ0) is 19.4. The minimum atomic E-state index is -0.423. The van der Waals surface area contributed by atoms with Crippen LogP contribution < -0.4 is 16.7 Å². The van der Waals surface area contributed by atoms with Gasteiger partial charge in [0.05, 0.1) is 12.9 Å². The fraction of sp³-hybridized carbons (Fsp3) is 0.333. The highest BCUT2D eigenvalue weighted by Gasteiger charge is 2.14. The Balaban J connectivity index is 1.55. The molecule has 0 fully saturated rings. The summed E-state index contributed by atoms with van der Waals surface area (Å²) in [6.45, 7) is 0.721. The number of fused-ring (bicyclic) bond motifs is 1. The van der Waals surface area contributed by atoms with E-state index >= 15 is 0 Å². The second-order valence-corrected chi connectivity index (χ2v) is 6.22. The van der Waals surface area contributed by atoms with Crippen molar-refractivity contribution >= 4 is 17.1 Å². The van der Waals surface area contributed by atoms with Crippen molar-refractivity contribution in [3.8, 4) is 0 Å². The molecule has 1 aromatic carbocycles. The molecule has 0 bridgehead atoms. The average molecular weight is 371 g/mol. The summed E-state index contributed by atoms with van der Waals surface area (Å²) in [6.07, 6.45) is 2.24. The maximum absolute atomic E-state index is 12.3. The molecule has 0 saturated heterocycles. The molecule has 1 amide bonds. The Hall–Kier alpha value is -3.20. The van der Waals surface area contributed by atoms with Crippen LogP contribution >= 0.6 is 0 Å². The van der Waals surface area contributed by atoms with Gasteiger partial charge in [0, 0.05) is 27.1 Å². The number of benzene rings is 1. The van der Waals surface area contributed by atoms with Crippen LogP contribution in [0.4, 0.5) is 0 Å². The van der Waals surface area contributed by atoms with E-state index in [4.69, 9.17) is 4.84 Å². The summed E-state index contributed by atoms with van der Waals surface area (Å²) < 4.78 is 4.04. The van der Waals surface area contributed by atoms with Crippen molar-refractivity contribution in [2.24, 2.45) is 14.1 Å². The van der Waals surface area contributed by atoms with Crippen molar-refractivity contribution in [3.05, 3.63) is 63.1 Å². The van der Waals surface area contributed by atoms with Crippen molar-refractivity contribution in [2.45, 2.75) is 26.0 Å². The first-order valence-corrected chi connectivity index (χ1v) is 8.54. The Kier molecular flexibility index (Phi) is 5.51. The minimum Gasteiger partial charge on any atom is -0.325 e. The van der Waals surface area contributed by atoms with Gasteiger partial charge in [0.15, 0.2) is 11.2 Å². The number of nitrogens with zero attached hydrogens (tertiary/aromatic N) is 4. The third kappa shape index (κ3) is 3.98. The van der Waals surface area contributed by atoms with Gasteiger partial charge in [0.25, 0.3) is 5.56 Å². The summed E-state index contributed by atoms with van der Waals surface area (Å²) in [4.78, 5) is 45.5. The molecule has 27 heavy (non-hydrogen) atoms. The molecule has 0 saturated carbocycles. The number of amides is 1. The molecular weight excluding hydrogens is 350 g/mol. The Morgan fingerprint density at radius 2 is 1.89 bits per heavy atom. The molecule has 0 atom stereocenters. The van der Waals surface area contributed by atoms with Gasteiger partial charge in [-0.3, -0.25) is 23.6 Å². The maximum Gasteiger partial charge on any atom is 0.332 e. The lowest BCUT2D eigenvalue weighted by atomic mass is 10.2. The summed E-state index contributed by atoms with van der Waals surface area (Å²) in [5.74, 6) is -0.240. The van der Waals surface area contributed by atoms with Crippen LogP contribution in [0.25, 0.3) is 11.2 Å². The highest BCUT2D eigenvalue weighted by molar-refractivity contribution is 5.74. The van der Waals surface area contributed by atoms with E-state index in [0.29, 0.717) is 30.7 Å². The smallest absolute Gasteiger partial charge is 0.325 e. The van der Waals surface area contributed by atoms with Crippen LogP contribution in [0.5, 0.6) is 0 Å². The van der Waals surface area contributed by atoms with E-state index in [1.165, 1.54) is 17.9 Å². The maximum atomic E-state index is 12.3. The summed E-state index contributed by atoms with van der Waals surface area (Å²) in [5, 5.41) is 0. The van der Waals surface area contributed by atoms with Crippen LogP contribution in [0.15, 0.2) is 46.2 Å². The van der Waals surface area contributed by atoms with Crippen LogP contribution in [-0.4, -0.2) is 24.6 Å². The third-order valence-electron chi connectivity index (χ3n) is 4.29. The lowest BCUT2D eigenvalue weighted by Crippen LogP contribution is -2.37. The second kappa shape index (κ2) is 8.00. The Bertz CT molecular complexity index is 1070. The van der Waals surface area contributed by atoms with Crippen molar-refractivity contribution in [1.29, 1.82) is 0 Å². The van der Waals surface area contributed by atoms with E-state index in [-0.39, 0.29) is 12.3 Å². The van der Waals surface area contributed by atoms with Crippen LogP contribution in [0.3, 0.4) is 0 Å². The SMILES string of the molecule is Cn1c(=O)c2c(ncn2CCCC(=O)NOCc2ccccc2)n(C)c1=O. The van der Waals surface area contributed by atoms with Crippen LogP contribution in [0.2, 0.25) is 0 Å². The molecular formula is C18H21N5O4. The molecule has 3 aromatic rings. The van der Waals surface area contributed by atoms with E-state index < -0.39 is 11.2 Å². The fourth-order valence-corrected chi connectivity index (χ4v) is 2.80. The van der Waals surface area contributed by atoms with E-state index in [1.54, 1.807) is 11.6 Å². The monoisotopic (exact) mass is 371 g/mol.